The highest BCUT2D eigenvalue weighted by atomic mass is 35.5. The number of aromatic nitrogens is 1. The molecule has 2 aromatic carbocycles. The van der Waals surface area contributed by atoms with E-state index >= 15 is 0 Å². The molecule has 156 valence electrons. The van der Waals surface area contributed by atoms with Crippen LogP contribution in [0, 0.1) is 0 Å². The lowest BCUT2D eigenvalue weighted by Gasteiger charge is -2.25. The molecule has 0 aliphatic carbocycles. The Morgan fingerprint density at radius 3 is 2.27 bits per heavy atom. The van der Waals surface area contributed by atoms with E-state index in [1.165, 1.54) is 29.3 Å². The van der Waals surface area contributed by atoms with Gasteiger partial charge in [0.2, 0.25) is 0 Å². The third-order valence-electron chi connectivity index (χ3n) is 4.54. The van der Waals surface area contributed by atoms with E-state index in [0.29, 0.717) is 16.8 Å². The van der Waals surface area contributed by atoms with Gasteiger partial charge < -0.3 is 10.0 Å². The molecule has 1 N–H and O–H groups in total. The number of aliphatic hydroxyl groups is 1. The standard InChI is InChI=1S/C22H18ClF3N2O2/c23-19-11-10-18(14-27-19)28(21(30)20(29)16-4-2-1-3-5-16)13-12-15-6-8-17(9-7-15)22(24,25)26/h1-11,14,20,29H,12-13H2. The highest BCUT2D eigenvalue weighted by Gasteiger charge is 2.30. The van der Waals surface area contributed by atoms with Crippen LogP contribution in [0.4, 0.5) is 18.9 Å². The molecule has 1 amide bonds. The molecular formula is C22H18ClF3N2O2. The van der Waals surface area contributed by atoms with Crippen LogP contribution in [0.5, 0.6) is 0 Å². The number of carbonyl (C=O) groups is 1. The SMILES string of the molecule is O=C(C(O)c1ccccc1)N(CCc1ccc(C(F)(F)F)cc1)c1ccc(Cl)nc1. The van der Waals surface area contributed by atoms with Crippen LogP contribution in [0.25, 0.3) is 0 Å². The van der Waals surface area contributed by atoms with Crippen molar-refractivity contribution in [1.29, 1.82) is 0 Å². The van der Waals surface area contributed by atoms with E-state index in [9.17, 15) is 23.1 Å². The minimum Gasteiger partial charge on any atom is -0.378 e. The molecule has 1 unspecified atom stereocenters. The number of benzene rings is 2. The molecule has 0 saturated carbocycles. The van der Waals surface area contributed by atoms with E-state index in [1.807, 2.05) is 0 Å². The molecule has 0 saturated heterocycles. The molecule has 0 aliphatic heterocycles. The van der Waals surface area contributed by atoms with Crippen molar-refractivity contribution in [3.05, 3.63) is 94.8 Å². The van der Waals surface area contributed by atoms with E-state index in [4.69, 9.17) is 11.6 Å². The summed E-state index contributed by atoms with van der Waals surface area (Å²) in [6.45, 7) is 0.136. The maximum Gasteiger partial charge on any atom is 0.416 e. The third kappa shape index (κ3) is 5.37. The summed E-state index contributed by atoms with van der Waals surface area (Å²) in [5.74, 6) is -0.572. The van der Waals surface area contributed by atoms with Crippen LogP contribution >= 0.6 is 11.6 Å². The Hall–Kier alpha value is -2.90. The zero-order chi connectivity index (χ0) is 21.7. The van der Waals surface area contributed by atoms with Gasteiger partial charge in [-0.05, 0) is 41.8 Å². The fourth-order valence-corrected chi connectivity index (χ4v) is 3.03. The first-order valence-electron chi connectivity index (χ1n) is 9.08. The molecule has 0 fully saturated rings. The number of carbonyl (C=O) groups excluding carboxylic acids is 1. The normalized spacial score (nSPS) is 12.4. The summed E-state index contributed by atoms with van der Waals surface area (Å²) in [5, 5.41) is 10.8. The summed E-state index contributed by atoms with van der Waals surface area (Å²) in [6, 6.07) is 16.3. The fourth-order valence-electron chi connectivity index (χ4n) is 2.92. The zero-order valence-corrected chi connectivity index (χ0v) is 16.4. The maximum absolute atomic E-state index is 13.0. The van der Waals surface area contributed by atoms with E-state index in [-0.39, 0.29) is 18.1 Å². The van der Waals surface area contributed by atoms with Gasteiger partial charge in [0, 0.05) is 6.54 Å². The van der Waals surface area contributed by atoms with Crippen molar-refractivity contribution in [2.45, 2.75) is 18.7 Å². The number of rotatable bonds is 6. The molecule has 0 bridgehead atoms. The highest BCUT2D eigenvalue weighted by molar-refractivity contribution is 6.29. The largest absolute Gasteiger partial charge is 0.416 e. The van der Waals surface area contributed by atoms with Crippen LogP contribution < -0.4 is 4.90 Å². The van der Waals surface area contributed by atoms with Gasteiger partial charge in [0.15, 0.2) is 6.10 Å². The smallest absolute Gasteiger partial charge is 0.378 e. The topological polar surface area (TPSA) is 53.4 Å². The molecule has 0 aliphatic rings. The number of anilines is 1. The maximum atomic E-state index is 13.0. The Kier molecular flexibility index (Phi) is 6.74. The summed E-state index contributed by atoms with van der Waals surface area (Å²) in [4.78, 5) is 18.3. The lowest BCUT2D eigenvalue weighted by molar-refractivity contribution is -0.137. The Bertz CT molecular complexity index is 978. The number of hydrogen-bond acceptors (Lipinski definition) is 3. The van der Waals surface area contributed by atoms with Crippen molar-refractivity contribution in [2.24, 2.45) is 0 Å². The summed E-state index contributed by atoms with van der Waals surface area (Å²) in [7, 11) is 0. The van der Waals surface area contributed by atoms with Crippen molar-refractivity contribution in [3.63, 3.8) is 0 Å². The van der Waals surface area contributed by atoms with Crippen LogP contribution in [-0.2, 0) is 17.4 Å². The molecule has 1 aromatic heterocycles. The van der Waals surface area contributed by atoms with Gasteiger partial charge >= 0.3 is 6.18 Å². The molecule has 4 nitrogen and oxygen atoms in total. The number of hydrogen-bond donors (Lipinski definition) is 1. The first kappa shape index (κ1) is 21.8. The van der Waals surface area contributed by atoms with Crippen molar-refractivity contribution in [2.75, 3.05) is 11.4 Å². The van der Waals surface area contributed by atoms with Gasteiger partial charge in [0.1, 0.15) is 5.15 Å². The Balaban J connectivity index is 1.81. The highest BCUT2D eigenvalue weighted by Crippen LogP contribution is 2.29. The second kappa shape index (κ2) is 9.28. The lowest BCUT2D eigenvalue weighted by atomic mass is 10.1. The average Bonchev–Trinajstić information content (AvgIpc) is 2.74. The van der Waals surface area contributed by atoms with Crippen LogP contribution in [0.2, 0.25) is 5.15 Å². The second-order valence-electron chi connectivity index (χ2n) is 6.59. The van der Waals surface area contributed by atoms with Gasteiger partial charge in [-0.2, -0.15) is 13.2 Å². The van der Waals surface area contributed by atoms with Crippen molar-refractivity contribution >= 4 is 23.2 Å². The van der Waals surface area contributed by atoms with Gasteiger partial charge in [-0.1, -0.05) is 54.1 Å². The summed E-state index contributed by atoms with van der Waals surface area (Å²) in [6.07, 6.45) is -4.11. The number of amides is 1. The van der Waals surface area contributed by atoms with Crippen LogP contribution in [0.1, 0.15) is 22.8 Å². The monoisotopic (exact) mass is 434 g/mol. The average molecular weight is 435 g/mol. The van der Waals surface area contributed by atoms with E-state index in [2.05, 4.69) is 4.98 Å². The van der Waals surface area contributed by atoms with Crippen molar-refractivity contribution in [3.8, 4) is 0 Å². The first-order chi connectivity index (χ1) is 14.3. The van der Waals surface area contributed by atoms with E-state index in [1.54, 1.807) is 36.4 Å². The lowest BCUT2D eigenvalue weighted by Crippen LogP contribution is -2.37. The van der Waals surface area contributed by atoms with Gasteiger partial charge in [-0.25, -0.2) is 4.98 Å². The van der Waals surface area contributed by atoms with Gasteiger partial charge in [0.05, 0.1) is 17.4 Å². The predicted molar refractivity (Wildman–Crippen MR) is 108 cm³/mol. The number of alkyl halides is 3. The van der Waals surface area contributed by atoms with Crippen LogP contribution in [-0.4, -0.2) is 22.5 Å². The van der Waals surface area contributed by atoms with Gasteiger partial charge in [0.25, 0.3) is 5.91 Å². The minimum absolute atomic E-state index is 0.136. The first-order valence-corrected chi connectivity index (χ1v) is 9.45. The summed E-state index contributed by atoms with van der Waals surface area (Å²) in [5.41, 5.74) is 0.743. The summed E-state index contributed by atoms with van der Waals surface area (Å²) < 4.78 is 38.2. The fraction of sp³-hybridized carbons (Fsp3) is 0.182. The number of pyridine rings is 1. The number of halogens is 4. The molecule has 1 atom stereocenters. The molecule has 3 rings (SSSR count). The van der Waals surface area contributed by atoms with Crippen molar-refractivity contribution < 1.29 is 23.1 Å². The Labute approximate surface area is 176 Å². The number of nitrogens with zero attached hydrogens (tertiary/aromatic N) is 2. The van der Waals surface area contributed by atoms with Crippen LogP contribution in [0.3, 0.4) is 0 Å². The number of aliphatic hydroxyl groups excluding tert-OH is 1. The van der Waals surface area contributed by atoms with E-state index < -0.39 is 23.8 Å². The molecule has 8 heteroatoms. The molecule has 30 heavy (non-hydrogen) atoms. The molecule has 3 aromatic rings. The molecule has 0 spiro atoms. The Morgan fingerprint density at radius 2 is 1.70 bits per heavy atom. The zero-order valence-electron chi connectivity index (χ0n) is 15.7. The van der Waals surface area contributed by atoms with Gasteiger partial charge in [-0.3, -0.25) is 4.79 Å². The molecular weight excluding hydrogens is 417 g/mol. The molecule has 1 heterocycles. The summed E-state index contributed by atoms with van der Waals surface area (Å²) >= 11 is 5.82. The van der Waals surface area contributed by atoms with Crippen LogP contribution in [0.15, 0.2) is 72.9 Å². The second-order valence-corrected chi connectivity index (χ2v) is 6.97. The third-order valence-corrected chi connectivity index (χ3v) is 4.77. The van der Waals surface area contributed by atoms with E-state index in [0.717, 1.165) is 12.1 Å². The van der Waals surface area contributed by atoms with Gasteiger partial charge in [-0.15, -0.1) is 0 Å². The predicted octanol–water partition coefficient (Wildman–Crippen LogP) is 5.06. The quantitative estimate of drug-likeness (QED) is 0.551. The Morgan fingerprint density at radius 1 is 1.03 bits per heavy atom. The van der Waals surface area contributed by atoms with Crippen molar-refractivity contribution in [1.82, 2.24) is 4.98 Å². The minimum atomic E-state index is -4.41. The molecule has 0 radical (unpaired) electrons.